The van der Waals surface area contributed by atoms with Crippen LogP contribution in [0, 0.1) is 0 Å². The maximum absolute atomic E-state index is 6.93. The maximum atomic E-state index is 6.93. The van der Waals surface area contributed by atoms with Crippen molar-refractivity contribution in [2.75, 3.05) is 103 Å². The van der Waals surface area contributed by atoms with Crippen molar-refractivity contribution in [3.63, 3.8) is 0 Å². The first-order valence-corrected chi connectivity index (χ1v) is 39.1. The zero-order valence-corrected chi connectivity index (χ0v) is 55.9. The fourth-order valence-electron chi connectivity index (χ4n) is 10.3. The minimum Gasteiger partial charge on any atom is -0.490 e. The molecule has 0 heterocycles. The van der Waals surface area contributed by atoms with Gasteiger partial charge < -0.3 is 37.9 Å². The highest BCUT2D eigenvalue weighted by molar-refractivity contribution is 8.16. The summed E-state index contributed by atoms with van der Waals surface area (Å²) in [6, 6.07) is 82.6. The second-order valence-electron chi connectivity index (χ2n) is 22.3. The average molecular weight is 1270 g/mol. The third-order valence-corrected chi connectivity index (χ3v) is 20.6. The Labute approximate surface area is 538 Å². The first-order valence-electron chi connectivity index (χ1n) is 30.2. The molecule has 8 nitrogen and oxygen atoms in total. The molecular weight excluding hydrogens is 1180 g/mol. The SMILES string of the molecule is C[SH](C)c1ccc(OCCOc2ccc(-c3ccc(OCCOc4ccc([SH](C)C)cc4)c(C(c4ccc(-c5ccccc5)cc4)c4cc(-c5ccc(OCCOc6ccc([SH](C)C)cc6)cc5)ccc4OCCOc4ccc([SH](C)C)cc4)c3)cc2)cc1. The van der Waals surface area contributed by atoms with E-state index < -0.39 is 5.92 Å². The average Bonchev–Trinajstić information content (AvgIpc) is 1.83. The highest BCUT2D eigenvalue weighted by Gasteiger charge is 2.27. The van der Waals surface area contributed by atoms with Gasteiger partial charge in [-0.05, 0) is 254 Å². The van der Waals surface area contributed by atoms with E-state index >= 15 is 0 Å². The van der Waals surface area contributed by atoms with Crippen molar-refractivity contribution >= 4 is 43.6 Å². The summed E-state index contributed by atoms with van der Waals surface area (Å²) in [5.74, 6) is 5.91. The monoisotopic (exact) mass is 1260 g/mol. The number of rotatable bonds is 30. The summed E-state index contributed by atoms with van der Waals surface area (Å²) in [5, 5.41) is 0. The van der Waals surface area contributed by atoms with Crippen molar-refractivity contribution in [1.82, 2.24) is 0 Å². The van der Waals surface area contributed by atoms with Gasteiger partial charge in [-0.3, -0.25) is 0 Å². The minimum absolute atomic E-state index is 0.161. The summed E-state index contributed by atoms with van der Waals surface area (Å²) >= 11 is 0. The van der Waals surface area contributed by atoms with Crippen LogP contribution in [0.3, 0.4) is 0 Å². The van der Waals surface area contributed by atoms with Gasteiger partial charge in [0.1, 0.15) is 98.9 Å². The second kappa shape index (κ2) is 32.0. The van der Waals surface area contributed by atoms with Gasteiger partial charge in [0.05, 0.1) is 0 Å². The van der Waals surface area contributed by atoms with Crippen LogP contribution in [0.15, 0.2) is 256 Å². The smallest absolute Gasteiger partial charge is 0.123 e. The number of hydrogen-bond donors (Lipinski definition) is 4. The highest BCUT2D eigenvalue weighted by Crippen LogP contribution is 2.45. The van der Waals surface area contributed by atoms with E-state index in [0.29, 0.717) is 52.9 Å². The third-order valence-electron chi connectivity index (χ3n) is 15.2. The first kappa shape index (κ1) is 64.0. The largest absolute Gasteiger partial charge is 0.490 e. The van der Waals surface area contributed by atoms with Crippen LogP contribution in [0.1, 0.15) is 22.6 Å². The molecule has 0 bridgehead atoms. The molecule has 0 aliphatic carbocycles. The summed E-state index contributed by atoms with van der Waals surface area (Å²) in [4.78, 5) is 5.36. The Morgan fingerprint density at radius 2 is 0.472 bits per heavy atom. The molecule has 12 heteroatoms. The molecule has 0 spiro atoms. The van der Waals surface area contributed by atoms with E-state index in [-0.39, 0.29) is 43.6 Å². The molecular formula is C77H84O8S4. The summed E-state index contributed by atoms with van der Waals surface area (Å²) < 4.78 is 51.1. The van der Waals surface area contributed by atoms with E-state index in [0.717, 1.165) is 96.1 Å². The minimum atomic E-state index is -0.391. The molecule has 0 unspecified atom stereocenters. The topological polar surface area (TPSA) is 73.8 Å². The van der Waals surface area contributed by atoms with E-state index in [9.17, 15) is 0 Å². The van der Waals surface area contributed by atoms with Crippen LogP contribution >= 0.6 is 43.6 Å². The van der Waals surface area contributed by atoms with Crippen molar-refractivity contribution in [3.05, 3.63) is 253 Å². The number of benzene rings is 10. The Balaban J connectivity index is 0.989. The zero-order chi connectivity index (χ0) is 61.9. The number of hydrogen-bond acceptors (Lipinski definition) is 8. The predicted octanol–water partition coefficient (Wildman–Crippen LogP) is 18.2. The van der Waals surface area contributed by atoms with Crippen LogP contribution < -0.4 is 37.9 Å². The van der Waals surface area contributed by atoms with Crippen molar-refractivity contribution in [3.8, 4) is 79.4 Å². The summed E-state index contributed by atoms with van der Waals surface area (Å²) in [6.45, 7) is 3.02. The van der Waals surface area contributed by atoms with E-state index in [1.165, 1.54) is 19.6 Å². The molecule has 0 aromatic heterocycles. The lowest BCUT2D eigenvalue weighted by Gasteiger charge is -2.26. The standard InChI is InChI=1S/C77H84O8S4/c1-86(2)69-36-28-65(29-37-69)80-48-46-78-63-24-18-58(19-25-63)61-22-44-75(84-52-50-82-67-32-40-71(41-33-67)88(5)6)73(54-61)77(60-16-14-57(15-17-60)56-12-10-9-11-13-56)74-55-62(23-45-76(74)85-53-51-83-68-34-42-72(43-35-68)89(7)8)59-20-26-64(27-21-59)79-47-49-81-66-30-38-70(39-31-66)87(3)4/h9-45,54-55,77,86-89H,46-53H2,1-8H3. The van der Waals surface area contributed by atoms with Gasteiger partial charge >= 0.3 is 0 Å². The van der Waals surface area contributed by atoms with Gasteiger partial charge in [0.15, 0.2) is 0 Å². The highest BCUT2D eigenvalue weighted by atomic mass is 32.2. The van der Waals surface area contributed by atoms with Crippen molar-refractivity contribution in [1.29, 1.82) is 0 Å². The maximum Gasteiger partial charge on any atom is 0.123 e. The molecule has 0 amide bonds. The van der Waals surface area contributed by atoms with Gasteiger partial charge in [-0.25, -0.2) is 43.6 Å². The molecule has 0 radical (unpaired) electrons. The van der Waals surface area contributed by atoms with Crippen LogP contribution in [0.2, 0.25) is 0 Å². The molecule has 89 heavy (non-hydrogen) atoms. The molecule has 10 aromatic carbocycles. The number of ether oxygens (including phenoxy) is 8. The summed E-state index contributed by atoms with van der Waals surface area (Å²) in [5.41, 5.74) is 9.34. The summed E-state index contributed by atoms with van der Waals surface area (Å²) in [7, 11) is -0.749. The lowest BCUT2D eigenvalue weighted by atomic mass is 9.81. The normalized spacial score (nSPS) is 11.7. The molecule has 0 N–H and O–H groups in total. The molecule has 10 aromatic rings. The third kappa shape index (κ3) is 18.1. The van der Waals surface area contributed by atoms with Gasteiger partial charge in [-0.1, -0.05) is 91.0 Å². The zero-order valence-electron chi connectivity index (χ0n) is 52.3. The van der Waals surface area contributed by atoms with Crippen LogP contribution in [0.5, 0.6) is 46.0 Å². The lowest BCUT2D eigenvalue weighted by molar-refractivity contribution is 0.214. The van der Waals surface area contributed by atoms with Gasteiger partial charge in [-0.2, -0.15) is 0 Å². The van der Waals surface area contributed by atoms with Crippen molar-refractivity contribution < 1.29 is 37.9 Å². The van der Waals surface area contributed by atoms with Crippen molar-refractivity contribution in [2.24, 2.45) is 0 Å². The van der Waals surface area contributed by atoms with Gasteiger partial charge in [0.25, 0.3) is 0 Å². The van der Waals surface area contributed by atoms with Crippen LogP contribution in [0.25, 0.3) is 33.4 Å². The molecule has 0 saturated heterocycles. The molecule has 0 fully saturated rings. The molecule has 0 aliphatic rings. The van der Waals surface area contributed by atoms with Crippen molar-refractivity contribution in [2.45, 2.75) is 25.5 Å². The Hall–Kier alpha value is -8.00. The Morgan fingerprint density at radius 3 is 0.764 bits per heavy atom. The predicted molar refractivity (Wildman–Crippen MR) is 383 cm³/mol. The van der Waals surface area contributed by atoms with E-state index in [4.69, 9.17) is 37.9 Å². The molecule has 0 atom stereocenters. The van der Waals surface area contributed by atoms with E-state index in [1.807, 2.05) is 48.5 Å². The Kier molecular flexibility index (Phi) is 23.0. The quantitative estimate of drug-likeness (QED) is 0.0202. The van der Waals surface area contributed by atoms with Gasteiger partial charge in [0.2, 0.25) is 0 Å². The first-order chi connectivity index (χ1) is 43.4. The van der Waals surface area contributed by atoms with Gasteiger partial charge in [0, 0.05) is 17.0 Å². The molecule has 0 aliphatic heterocycles. The fourth-order valence-corrected chi connectivity index (χ4v) is 13.3. The second-order valence-corrected chi connectivity index (χ2v) is 31.5. The van der Waals surface area contributed by atoms with E-state index in [1.54, 1.807) is 0 Å². The molecule has 10 rings (SSSR count). The van der Waals surface area contributed by atoms with Gasteiger partial charge in [-0.15, -0.1) is 0 Å². The van der Waals surface area contributed by atoms with Crippen LogP contribution in [0.4, 0.5) is 0 Å². The van der Waals surface area contributed by atoms with E-state index in [2.05, 4.69) is 238 Å². The Morgan fingerprint density at radius 1 is 0.236 bits per heavy atom. The number of thiol groups is 4. The van der Waals surface area contributed by atoms with Crippen LogP contribution in [-0.4, -0.2) is 103 Å². The fraction of sp³-hybridized carbons (Fsp3) is 0.221. The van der Waals surface area contributed by atoms with Crippen LogP contribution in [-0.2, 0) is 0 Å². The molecule has 0 saturated carbocycles. The lowest BCUT2D eigenvalue weighted by Crippen LogP contribution is -2.14. The summed E-state index contributed by atoms with van der Waals surface area (Å²) in [6.07, 6.45) is 18.1. The molecule has 464 valence electrons. The Bertz CT molecular complexity index is 3560.